The summed E-state index contributed by atoms with van der Waals surface area (Å²) in [5.41, 5.74) is -0.290. The molecule has 8 heteroatoms. The van der Waals surface area contributed by atoms with Gasteiger partial charge in [0.15, 0.2) is 5.69 Å². The average Bonchev–Trinajstić information content (AvgIpc) is 3.04. The number of nitriles is 1. The van der Waals surface area contributed by atoms with Crippen LogP contribution >= 0.6 is 0 Å². The Morgan fingerprint density at radius 3 is 2.68 bits per heavy atom. The molecule has 2 heterocycles. The van der Waals surface area contributed by atoms with Crippen molar-refractivity contribution in [3.63, 3.8) is 0 Å². The maximum Gasteiger partial charge on any atom is 0.407 e. The molecule has 1 aliphatic heterocycles. The van der Waals surface area contributed by atoms with E-state index in [2.05, 4.69) is 15.3 Å². The van der Waals surface area contributed by atoms with Gasteiger partial charge in [-0.3, -0.25) is 4.98 Å². The Balaban J connectivity index is 1.44. The van der Waals surface area contributed by atoms with E-state index in [4.69, 9.17) is 5.26 Å². The number of hydrogen-bond acceptors (Lipinski definition) is 6. The number of carboxylic acid groups (broad SMARTS) is 1. The summed E-state index contributed by atoms with van der Waals surface area (Å²) in [7, 11) is 0. The van der Waals surface area contributed by atoms with E-state index in [0.29, 0.717) is 36.5 Å². The maximum atomic E-state index is 12.0. The van der Waals surface area contributed by atoms with Gasteiger partial charge in [0.25, 0.3) is 0 Å². The van der Waals surface area contributed by atoms with E-state index in [0.717, 1.165) is 32.1 Å². The van der Waals surface area contributed by atoms with E-state index < -0.39 is 11.7 Å². The molecule has 5 unspecified atom stereocenters. The van der Waals surface area contributed by atoms with Crippen molar-refractivity contribution in [2.45, 2.75) is 56.2 Å². The molecule has 1 aromatic heterocycles. The Kier molecular flexibility index (Phi) is 3.98. The fraction of sp³-hybridized carbons (Fsp3) is 0.700. The average molecular weight is 383 g/mol. The van der Waals surface area contributed by atoms with Crippen LogP contribution in [0.15, 0.2) is 12.4 Å². The van der Waals surface area contributed by atoms with E-state index >= 15 is 0 Å². The monoisotopic (exact) mass is 383 g/mol. The van der Waals surface area contributed by atoms with Gasteiger partial charge in [-0.05, 0) is 62.2 Å². The summed E-state index contributed by atoms with van der Waals surface area (Å²) >= 11 is 0. The standard InChI is InChI=1S/C20H25N5O3/c21-8-14-9-22-10-16(23-14)24-15-1-2-25(19(26)27)18(15)17-12-3-11-4-13(17)7-20(28,5-11)6-12/h9-13,15,17-18,28H,1-7H2,(H,23,24)(H,26,27)/t11?,12-,13+,15?,17?,18?,20?. The zero-order chi connectivity index (χ0) is 19.5. The minimum atomic E-state index is -0.876. The van der Waals surface area contributed by atoms with Crippen LogP contribution in [0.2, 0.25) is 0 Å². The summed E-state index contributed by atoms with van der Waals surface area (Å²) in [6.07, 6.45) is 7.54. The summed E-state index contributed by atoms with van der Waals surface area (Å²) in [6, 6.07) is 1.80. The van der Waals surface area contributed by atoms with Crippen LogP contribution in [0.4, 0.5) is 10.6 Å². The molecular weight excluding hydrogens is 358 g/mol. The van der Waals surface area contributed by atoms with Crippen molar-refractivity contribution in [3.8, 4) is 6.07 Å². The molecule has 4 bridgehead atoms. The Hall–Kier alpha value is -2.40. The third kappa shape index (κ3) is 2.80. The first kappa shape index (κ1) is 17.7. The number of aromatic nitrogens is 2. The molecule has 6 rings (SSSR count). The second-order valence-corrected chi connectivity index (χ2v) is 9.18. The van der Waals surface area contributed by atoms with E-state index in [1.54, 1.807) is 11.1 Å². The summed E-state index contributed by atoms with van der Waals surface area (Å²) in [4.78, 5) is 21.9. The second kappa shape index (κ2) is 6.31. The largest absolute Gasteiger partial charge is 0.465 e. The number of carbonyl (C=O) groups is 1. The highest BCUT2D eigenvalue weighted by Crippen LogP contribution is 2.60. The topological polar surface area (TPSA) is 122 Å². The summed E-state index contributed by atoms with van der Waals surface area (Å²) in [5.74, 6) is 2.12. The Labute approximate surface area is 163 Å². The van der Waals surface area contributed by atoms with E-state index in [1.165, 1.54) is 6.20 Å². The highest BCUT2D eigenvalue weighted by atomic mass is 16.4. The Morgan fingerprint density at radius 1 is 1.29 bits per heavy atom. The van der Waals surface area contributed by atoms with Gasteiger partial charge >= 0.3 is 6.09 Å². The van der Waals surface area contributed by atoms with Gasteiger partial charge in [0.2, 0.25) is 0 Å². The second-order valence-electron chi connectivity index (χ2n) is 9.18. The number of anilines is 1. The molecule has 8 nitrogen and oxygen atoms in total. The van der Waals surface area contributed by atoms with Crippen molar-refractivity contribution in [1.82, 2.24) is 14.9 Å². The molecule has 4 saturated carbocycles. The highest BCUT2D eigenvalue weighted by Gasteiger charge is 2.59. The van der Waals surface area contributed by atoms with Crippen molar-refractivity contribution in [1.29, 1.82) is 5.26 Å². The van der Waals surface area contributed by atoms with Crippen LogP contribution in [0, 0.1) is 35.0 Å². The maximum absolute atomic E-state index is 12.0. The summed E-state index contributed by atoms with van der Waals surface area (Å²) < 4.78 is 0. The van der Waals surface area contributed by atoms with Gasteiger partial charge in [-0.15, -0.1) is 0 Å². The quantitative estimate of drug-likeness (QED) is 0.730. The molecule has 0 radical (unpaired) electrons. The third-order valence-electron chi connectivity index (χ3n) is 7.49. The molecule has 28 heavy (non-hydrogen) atoms. The molecular formula is C20H25N5O3. The predicted molar refractivity (Wildman–Crippen MR) is 99.3 cm³/mol. The van der Waals surface area contributed by atoms with Gasteiger partial charge in [-0.2, -0.15) is 5.26 Å². The number of rotatable bonds is 3. The number of nitrogens with zero attached hydrogens (tertiary/aromatic N) is 4. The predicted octanol–water partition coefficient (Wildman–Crippen LogP) is 2.07. The van der Waals surface area contributed by atoms with Crippen molar-refractivity contribution < 1.29 is 15.0 Å². The van der Waals surface area contributed by atoms with Crippen LogP contribution < -0.4 is 5.32 Å². The minimum absolute atomic E-state index is 0.0588. The molecule has 0 aromatic carbocycles. The lowest BCUT2D eigenvalue weighted by atomic mass is 9.48. The number of nitrogens with one attached hydrogen (secondary N) is 1. The summed E-state index contributed by atoms with van der Waals surface area (Å²) in [5, 5.41) is 33.2. The van der Waals surface area contributed by atoms with Gasteiger partial charge < -0.3 is 20.4 Å². The minimum Gasteiger partial charge on any atom is -0.465 e. The number of hydrogen-bond donors (Lipinski definition) is 3. The Bertz CT molecular complexity index is 823. The molecule has 4 aliphatic carbocycles. The fourth-order valence-electron chi connectivity index (χ4n) is 6.93. The first-order valence-corrected chi connectivity index (χ1v) is 10.2. The van der Waals surface area contributed by atoms with Crippen LogP contribution in [-0.4, -0.2) is 55.4 Å². The highest BCUT2D eigenvalue weighted by molar-refractivity contribution is 5.66. The lowest BCUT2D eigenvalue weighted by Crippen LogP contribution is -2.61. The van der Waals surface area contributed by atoms with E-state index in [9.17, 15) is 15.0 Å². The number of amides is 1. The molecule has 1 amide bonds. The third-order valence-corrected chi connectivity index (χ3v) is 7.49. The van der Waals surface area contributed by atoms with Gasteiger partial charge in [-0.25, -0.2) is 9.78 Å². The van der Waals surface area contributed by atoms with Crippen LogP contribution in [0.3, 0.4) is 0 Å². The molecule has 5 aliphatic rings. The number of likely N-dealkylation sites (tertiary alicyclic amines) is 1. The number of aliphatic hydroxyl groups is 1. The van der Waals surface area contributed by atoms with Crippen molar-refractivity contribution >= 4 is 11.9 Å². The SMILES string of the molecule is N#Cc1cncc(NC2CCN(C(=O)O)C2C2[C@@H]3CC4C[C@H]2CC(O)(C4)C3)n1. The van der Waals surface area contributed by atoms with Crippen LogP contribution in [0.1, 0.15) is 44.2 Å². The summed E-state index contributed by atoms with van der Waals surface area (Å²) in [6.45, 7) is 0.493. The van der Waals surface area contributed by atoms with Crippen molar-refractivity contribution in [3.05, 3.63) is 18.1 Å². The Morgan fingerprint density at radius 2 is 2.04 bits per heavy atom. The van der Waals surface area contributed by atoms with Gasteiger partial charge in [0.1, 0.15) is 11.9 Å². The lowest BCUT2D eigenvalue weighted by Gasteiger charge is -2.60. The lowest BCUT2D eigenvalue weighted by molar-refractivity contribution is -0.162. The molecule has 1 saturated heterocycles. The van der Waals surface area contributed by atoms with Crippen LogP contribution in [0.5, 0.6) is 0 Å². The van der Waals surface area contributed by atoms with Crippen molar-refractivity contribution in [2.75, 3.05) is 11.9 Å². The normalized spacial score (nSPS) is 41.1. The van der Waals surface area contributed by atoms with E-state index in [-0.39, 0.29) is 23.7 Å². The first-order valence-electron chi connectivity index (χ1n) is 10.2. The molecule has 3 N–H and O–H groups in total. The zero-order valence-corrected chi connectivity index (χ0v) is 15.7. The molecule has 5 fully saturated rings. The fourth-order valence-corrected chi connectivity index (χ4v) is 6.93. The first-order chi connectivity index (χ1) is 13.5. The van der Waals surface area contributed by atoms with Crippen LogP contribution in [-0.2, 0) is 0 Å². The molecule has 0 spiro atoms. The van der Waals surface area contributed by atoms with E-state index in [1.807, 2.05) is 6.07 Å². The van der Waals surface area contributed by atoms with Gasteiger partial charge in [0, 0.05) is 6.54 Å². The van der Waals surface area contributed by atoms with Crippen molar-refractivity contribution in [2.24, 2.45) is 23.7 Å². The van der Waals surface area contributed by atoms with Gasteiger partial charge in [0.05, 0.1) is 30.1 Å². The molecule has 148 valence electrons. The smallest absolute Gasteiger partial charge is 0.407 e. The molecule has 7 atom stereocenters. The van der Waals surface area contributed by atoms with Gasteiger partial charge in [-0.1, -0.05) is 0 Å². The zero-order valence-electron chi connectivity index (χ0n) is 15.7. The van der Waals surface area contributed by atoms with Crippen LogP contribution in [0.25, 0.3) is 0 Å². The molecule has 1 aromatic rings.